The van der Waals surface area contributed by atoms with Crippen molar-refractivity contribution >= 4 is 39.3 Å². The molecule has 0 spiro atoms. The summed E-state index contributed by atoms with van der Waals surface area (Å²) in [6, 6.07) is 24.3. The molecular weight excluding hydrogens is 512 g/mol. The Balaban J connectivity index is 1.97. The maximum absolute atomic E-state index is 13.7. The van der Waals surface area contributed by atoms with E-state index in [1.54, 1.807) is 17.0 Å². The van der Waals surface area contributed by atoms with Crippen molar-refractivity contribution in [2.75, 3.05) is 0 Å². The quantitative estimate of drug-likeness (QED) is 0.332. The van der Waals surface area contributed by atoms with E-state index < -0.39 is 6.04 Å². The van der Waals surface area contributed by atoms with Gasteiger partial charge in [0.25, 0.3) is 0 Å². The van der Waals surface area contributed by atoms with Gasteiger partial charge in [-0.3, -0.25) is 9.59 Å². The van der Waals surface area contributed by atoms with Gasteiger partial charge in [-0.25, -0.2) is 0 Å². The molecule has 0 fully saturated rings. The van der Waals surface area contributed by atoms with Gasteiger partial charge in [0.1, 0.15) is 6.04 Å². The average molecular weight is 542 g/mol. The topological polar surface area (TPSA) is 49.4 Å². The van der Waals surface area contributed by atoms with E-state index in [1.165, 1.54) is 0 Å². The second kappa shape index (κ2) is 12.7. The first-order valence-corrected chi connectivity index (χ1v) is 12.7. The highest BCUT2D eigenvalue weighted by molar-refractivity contribution is 9.10. The van der Waals surface area contributed by atoms with Crippen LogP contribution in [0.25, 0.3) is 0 Å². The Morgan fingerprint density at radius 1 is 0.941 bits per heavy atom. The van der Waals surface area contributed by atoms with Gasteiger partial charge in [0.15, 0.2) is 0 Å². The summed E-state index contributed by atoms with van der Waals surface area (Å²) >= 11 is 9.67. The molecule has 1 N–H and O–H groups in total. The summed E-state index contributed by atoms with van der Waals surface area (Å²) in [6.45, 7) is 4.33. The van der Waals surface area contributed by atoms with Crippen LogP contribution < -0.4 is 5.32 Å². The zero-order valence-corrected chi connectivity index (χ0v) is 21.9. The van der Waals surface area contributed by atoms with Crippen molar-refractivity contribution in [2.24, 2.45) is 0 Å². The van der Waals surface area contributed by atoms with E-state index in [9.17, 15) is 9.59 Å². The molecule has 3 aromatic rings. The maximum Gasteiger partial charge on any atom is 0.243 e. The minimum Gasteiger partial charge on any atom is -0.352 e. The summed E-state index contributed by atoms with van der Waals surface area (Å²) < 4.78 is 0.927. The molecule has 0 aliphatic carbocycles. The molecule has 2 atom stereocenters. The SMILES string of the molecule is CC[C@H](C)NC(=O)[C@H](Cc1ccccc1)N(Cc1cccc(Br)c1)C(=O)Cc1cccc(Cl)c1. The van der Waals surface area contributed by atoms with Crippen LogP contribution in [-0.2, 0) is 29.0 Å². The standard InChI is InChI=1S/C28H30BrClN2O2/c1-3-20(2)31-28(34)26(17-21-9-5-4-6-10-21)32(19-23-12-7-13-24(29)15-23)27(33)18-22-11-8-14-25(30)16-22/h4-16,20,26H,3,17-19H2,1-2H3,(H,31,34)/t20-,26-/m0/s1. The molecule has 4 nitrogen and oxygen atoms in total. The molecule has 3 aromatic carbocycles. The lowest BCUT2D eigenvalue weighted by Gasteiger charge is -2.32. The van der Waals surface area contributed by atoms with Gasteiger partial charge in [-0.2, -0.15) is 0 Å². The third-order valence-corrected chi connectivity index (χ3v) is 6.49. The molecule has 0 aliphatic rings. The Kier molecular flexibility index (Phi) is 9.73. The molecule has 0 aliphatic heterocycles. The van der Waals surface area contributed by atoms with E-state index >= 15 is 0 Å². The first-order chi connectivity index (χ1) is 16.4. The van der Waals surface area contributed by atoms with Gasteiger partial charge in [-0.15, -0.1) is 0 Å². The van der Waals surface area contributed by atoms with Crippen LogP contribution in [0.4, 0.5) is 0 Å². The fraction of sp³-hybridized carbons (Fsp3) is 0.286. The van der Waals surface area contributed by atoms with Crippen LogP contribution in [0.15, 0.2) is 83.3 Å². The van der Waals surface area contributed by atoms with Gasteiger partial charge < -0.3 is 10.2 Å². The van der Waals surface area contributed by atoms with Crippen LogP contribution in [-0.4, -0.2) is 28.8 Å². The molecule has 178 valence electrons. The fourth-order valence-electron chi connectivity index (χ4n) is 3.75. The number of rotatable bonds is 10. The number of nitrogens with zero attached hydrogens (tertiary/aromatic N) is 1. The number of benzene rings is 3. The predicted molar refractivity (Wildman–Crippen MR) is 142 cm³/mol. The summed E-state index contributed by atoms with van der Waals surface area (Å²) in [5, 5.41) is 3.67. The van der Waals surface area contributed by atoms with Gasteiger partial charge in [0.2, 0.25) is 11.8 Å². The Morgan fingerprint density at radius 3 is 2.29 bits per heavy atom. The zero-order chi connectivity index (χ0) is 24.5. The molecule has 0 saturated carbocycles. The highest BCUT2D eigenvalue weighted by Crippen LogP contribution is 2.20. The van der Waals surface area contributed by atoms with Gasteiger partial charge in [-0.05, 0) is 54.3 Å². The smallest absolute Gasteiger partial charge is 0.243 e. The Labute approximate surface area is 215 Å². The van der Waals surface area contributed by atoms with Crippen molar-refractivity contribution in [3.8, 4) is 0 Å². The highest BCUT2D eigenvalue weighted by Gasteiger charge is 2.31. The molecule has 3 rings (SSSR count). The molecule has 0 heterocycles. The van der Waals surface area contributed by atoms with Crippen LogP contribution in [0.2, 0.25) is 5.02 Å². The van der Waals surface area contributed by atoms with Crippen LogP contribution >= 0.6 is 27.5 Å². The van der Waals surface area contributed by atoms with Crippen molar-refractivity contribution in [1.29, 1.82) is 0 Å². The van der Waals surface area contributed by atoms with Crippen molar-refractivity contribution in [1.82, 2.24) is 10.2 Å². The molecule has 0 radical (unpaired) electrons. The lowest BCUT2D eigenvalue weighted by Crippen LogP contribution is -2.52. The van der Waals surface area contributed by atoms with Crippen LogP contribution in [0.1, 0.15) is 37.0 Å². The first kappa shape index (κ1) is 26.0. The van der Waals surface area contributed by atoms with E-state index in [0.717, 1.165) is 27.6 Å². The number of hydrogen-bond acceptors (Lipinski definition) is 2. The highest BCUT2D eigenvalue weighted by atomic mass is 79.9. The minimum absolute atomic E-state index is 0.0153. The van der Waals surface area contributed by atoms with Crippen molar-refractivity contribution in [3.63, 3.8) is 0 Å². The third-order valence-electron chi connectivity index (χ3n) is 5.76. The second-order valence-electron chi connectivity index (χ2n) is 8.48. The summed E-state index contributed by atoms with van der Waals surface area (Å²) in [4.78, 5) is 28.9. The summed E-state index contributed by atoms with van der Waals surface area (Å²) in [5.74, 6) is -0.268. The lowest BCUT2D eigenvalue weighted by atomic mass is 10.0. The molecule has 6 heteroatoms. The van der Waals surface area contributed by atoms with Crippen molar-refractivity contribution in [3.05, 3.63) is 105 Å². The van der Waals surface area contributed by atoms with Gasteiger partial charge >= 0.3 is 0 Å². The Bertz CT molecular complexity index is 1110. The third kappa shape index (κ3) is 7.71. The van der Waals surface area contributed by atoms with Crippen LogP contribution in [0.3, 0.4) is 0 Å². The number of hydrogen-bond donors (Lipinski definition) is 1. The number of halogens is 2. The molecular formula is C28H30BrClN2O2. The van der Waals surface area contributed by atoms with Gasteiger partial charge in [0.05, 0.1) is 6.42 Å². The van der Waals surface area contributed by atoms with Gasteiger partial charge in [0, 0.05) is 28.5 Å². The predicted octanol–water partition coefficient (Wildman–Crippen LogP) is 6.20. The molecule has 2 amide bonds. The Morgan fingerprint density at radius 2 is 1.62 bits per heavy atom. The number of nitrogens with one attached hydrogen (secondary N) is 1. The monoisotopic (exact) mass is 540 g/mol. The summed E-state index contributed by atoms with van der Waals surface area (Å²) in [5.41, 5.74) is 2.77. The second-order valence-corrected chi connectivity index (χ2v) is 9.83. The molecule has 0 unspecified atom stereocenters. The molecule has 34 heavy (non-hydrogen) atoms. The zero-order valence-electron chi connectivity index (χ0n) is 19.5. The van der Waals surface area contributed by atoms with Crippen molar-refractivity contribution < 1.29 is 9.59 Å². The first-order valence-electron chi connectivity index (χ1n) is 11.5. The Hall–Kier alpha value is -2.63. The van der Waals surface area contributed by atoms with E-state index in [0.29, 0.717) is 18.0 Å². The number of amides is 2. The van der Waals surface area contributed by atoms with E-state index in [4.69, 9.17) is 11.6 Å². The number of carbonyl (C=O) groups is 2. The van der Waals surface area contributed by atoms with Crippen LogP contribution in [0.5, 0.6) is 0 Å². The van der Waals surface area contributed by atoms with Gasteiger partial charge in [-0.1, -0.05) is 89.1 Å². The molecule has 0 aromatic heterocycles. The van der Waals surface area contributed by atoms with Crippen LogP contribution in [0, 0.1) is 0 Å². The van der Waals surface area contributed by atoms with E-state index in [1.807, 2.05) is 80.6 Å². The lowest BCUT2D eigenvalue weighted by molar-refractivity contribution is -0.141. The summed E-state index contributed by atoms with van der Waals surface area (Å²) in [7, 11) is 0. The normalized spacial score (nSPS) is 12.6. The molecule has 0 saturated heterocycles. The largest absolute Gasteiger partial charge is 0.352 e. The average Bonchev–Trinajstić information content (AvgIpc) is 2.81. The van der Waals surface area contributed by atoms with E-state index in [2.05, 4.69) is 21.2 Å². The molecule has 0 bridgehead atoms. The van der Waals surface area contributed by atoms with E-state index in [-0.39, 0.29) is 24.3 Å². The fourth-order valence-corrected chi connectivity index (χ4v) is 4.41. The van der Waals surface area contributed by atoms with Crippen molar-refractivity contribution in [2.45, 2.75) is 51.7 Å². The number of carbonyl (C=O) groups excluding carboxylic acids is 2. The summed E-state index contributed by atoms with van der Waals surface area (Å²) in [6.07, 6.45) is 1.40. The minimum atomic E-state index is -0.651. The maximum atomic E-state index is 13.7.